The third kappa shape index (κ3) is 3.54. The summed E-state index contributed by atoms with van der Waals surface area (Å²) in [5.74, 6) is 0.257. The number of furan rings is 1. The molecule has 1 fully saturated rings. The number of halogens is 1. The molecule has 0 aliphatic carbocycles. The number of carbonyl (C=O) groups is 1. The van der Waals surface area contributed by atoms with Crippen molar-refractivity contribution in [1.82, 2.24) is 10.6 Å². The Kier molecular flexibility index (Phi) is 5.35. The van der Waals surface area contributed by atoms with E-state index in [2.05, 4.69) is 10.6 Å². The van der Waals surface area contributed by atoms with Crippen LogP contribution in [0.1, 0.15) is 29.8 Å². The van der Waals surface area contributed by atoms with Crippen LogP contribution in [0.3, 0.4) is 0 Å². The van der Waals surface area contributed by atoms with Crippen LogP contribution in [0.4, 0.5) is 0 Å². The molecule has 0 aromatic carbocycles. The first-order chi connectivity index (χ1) is 7.36. The molecular formula is C11H17ClN2O2. The van der Waals surface area contributed by atoms with Crippen molar-refractivity contribution in [1.29, 1.82) is 0 Å². The average molecular weight is 245 g/mol. The molecule has 2 N–H and O–H groups in total. The maximum Gasteiger partial charge on any atom is 0.286 e. The monoisotopic (exact) mass is 244 g/mol. The van der Waals surface area contributed by atoms with Gasteiger partial charge < -0.3 is 15.1 Å². The van der Waals surface area contributed by atoms with Crippen molar-refractivity contribution in [3.05, 3.63) is 24.2 Å². The van der Waals surface area contributed by atoms with Crippen molar-refractivity contribution in [2.45, 2.75) is 25.3 Å². The van der Waals surface area contributed by atoms with Gasteiger partial charge in [0.25, 0.3) is 5.91 Å². The van der Waals surface area contributed by atoms with Crippen molar-refractivity contribution in [2.24, 2.45) is 0 Å². The molecular weight excluding hydrogens is 228 g/mol. The van der Waals surface area contributed by atoms with Crippen molar-refractivity contribution < 1.29 is 9.21 Å². The van der Waals surface area contributed by atoms with Gasteiger partial charge >= 0.3 is 0 Å². The zero-order chi connectivity index (χ0) is 10.5. The van der Waals surface area contributed by atoms with Crippen LogP contribution in [0.25, 0.3) is 0 Å². The van der Waals surface area contributed by atoms with Gasteiger partial charge in [0.2, 0.25) is 0 Å². The number of hydrogen-bond donors (Lipinski definition) is 2. The minimum atomic E-state index is -0.127. The highest BCUT2D eigenvalue weighted by Crippen LogP contribution is 2.07. The fourth-order valence-electron chi connectivity index (χ4n) is 1.86. The lowest BCUT2D eigenvalue weighted by Crippen LogP contribution is -2.30. The highest BCUT2D eigenvalue weighted by molar-refractivity contribution is 5.91. The lowest BCUT2D eigenvalue weighted by Gasteiger charge is -2.09. The molecule has 1 aromatic rings. The predicted octanol–water partition coefficient (Wildman–Crippen LogP) is 1.57. The van der Waals surface area contributed by atoms with Crippen LogP contribution in [0, 0.1) is 0 Å². The number of nitrogens with one attached hydrogen (secondary N) is 2. The second kappa shape index (κ2) is 6.55. The normalized spacial score (nSPS) is 19.1. The van der Waals surface area contributed by atoms with Crippen molar-refractivity contribution in [3.63, 3.8) is 0 Å². The van der Waals surface area contributed by atoms with Gasteiger partial charge in [0, 0.05) is 12.6 Å². The summed E-state index contributed by atoms with van der Waals surface area (Å²) in [5, 5.41) is 6.23. The number of hydrogen-bond acceptors (Lipinski definition) is 3. The van der Waals surface area contributed by atoms with Crippen molar-refractivity contribution >= 4 is 18.3 Å². The third-order valence-electron chi connectivity index (χ3n) is 2.69. The van der Waals surface area contributed by atoms with Crippen LogP contribution in [0.2, 0.25) is 0 Å². The molecule has 0 radical (unpaired) electrons. The zero-order valence-electron chi connectivity index (χ0n) is 9.07. The molecule has 0 saturated carbocycles. The smallest absolute Gasteiger partial charge is 0.286 e. The molecule has 0 unspecified atom stereocenters. The van der Waals surface area contributed by atoms with Gasteiger partial charge in [-0.15, -0.1) is 12.4 Å². The van der Waals surface area contributed by atoms with Gasteiger partial charge in [0.15, 0.2) is 5.76 Å². The zero-order valence-corrected chi connectivity index (χ0v) is 9.89. The quantitative estimate of drug-likeness (QED) is 0.846. The fourth-order valence-corrected chi connectivity index (χ4v) is 1.86. The topological polar surface area (TPSA) is 54.3 Å². The molecule has 1 saturated heterocycles. The summed E-state index contributed by atoms with van der Waals surface area (Å²) in [4.78, 5) is 11.5. The summed E-state index contributed by atoms with van der Waals surface area (Å²) in [6.45, 7) is 1.81. The first-order valence-electron chi connectivity index (χ1n) is 5.41. The van der Waals surface area contributed by atoms with Crippen LogP contribution in [-0.2, 0) is 0 Å². The molecule has 90 valence electrons. The Hall–Kier alpha value is -1.00. The van der Waals surface area contributed by atoms with Crippen LogP contribution >= 0.6 is 12.4 Å². The van der Waals surface area contributed by atoms with E-state index in [1.54, 1.807) is 12.1 Å². The summed E-state index contributed by atoms with van der Waals surface area (Å²) >= 11 is 0. The summed E-state index contributed by atoms with van der Waals surface area (Å²) in [6, 6.07) is 3.96. The van der Waals surface area contributed by atoms with E-state index in [0.29, 0.717) is 18.3 Å². The highest BCUT2D eigenvalue weighted by Gasteiger charge is 2.14. The lowest BCUT2D eigenvalue weighted by atomic mass is 10.1. The van der Waals surface area contributed by atoms with E-state index in [1.807, 2.05) is 0 Å². The Labute approximate surface area is 101 Å². The third-order valence-corrected chi connectivity index (χ3v) is 2.69. The maximum atomic E-state index is 11.5. The molecule has 0 spiro atoms. The molecule has 1 aromatic heterocycles. The van der Waals surface area contributed by atoms with Crippen LogP contribution in [0.5, 0.6) is 0 Å². The van der Waals surface area contributed by atoms with Gasteiger partial charge in [-0.1, -0.05) is 0 Å². The van der Waals surface area contributed by atoms with E-state index in [9.17, 15) is 4.79 Å². The highest BCUT2D eigenvalue weighted by atomic mass is 35.5. The molecule has 4 nitrogen and oxygen atoms in total. The molecule has 1 atom stereocenters. The fraction of sp³-hybridized carbons (Fsp3) is 0.545. The van der Waals surface area contributed by atoms with Gasteiger partial charge in [-0.3, -0.25) is 4.79 Å². The summed E-state index contributed by atoms with van der Waals surface area (Å²) < 4.78 is 4.99. The molecule has 16 heavy (non-hydrogen) atoms. The number of rotatable bonds is 4. The molecule has 0 bridgehead atoms. The van der Waals surface area contributed by atoms with Gasteiger partial charge in [0.1, 0.15) is 0 Å². The van der Waals surface area contributed by atoms with E-state index in [-0.39, 0.29) is 18.3 Å². The first-order valence-corrected chi connectivity index (χ1v) is 5.41. The number of amides is 1. The van der Waals surface area contributed by atoms with Gasteiger partial charge in [-0.2, -0.15) is 0 Å². The van der Waals surface area contributed by atoms with Gasteiger partial charge in [-0.25, -0.2) is 0 Å². The predicted molar refractivity (Wildman–Crippen MR) is 63.9 cm³/mol. The Morgan fingerprint density at radius 2 is 2.50 bits per heavy atom. The SMILES string of the molecule is Cl.O=C(NCC[C@H]1CCCN1)c1ccco1. The maximum absolute atomic E-state index is 11.5. The van der Waals surface area contributed by atoms with Gasteiger partial charge in [0.05, 0.1) is 6.26 Å². The average Bonchev–Trinajstić information content (AvgIpc) is 2.90. The lowest BCUT2D eigenvalue weighted by molar-refractivity contribution is 0.0924. The Morgan fingerprint density at radius 1 is 1.62 bits per heavy atom. The second-order valence-corrected chi connectivity index (χ2v) is 3.82. The molecule has 1 aliphatic rings. The minimum Gasteiger partial charge on any atom is -0.459 e. The second-order valence-electron chi connectivity index (χ2n) is 3.82. The molecule has 2 rings (SSSR count). The van der Waals surface area contributed by atoms with E-state index in [0.717, 1.165) is 13.0 Å². The van der Waals surface area contributed by atoms with E-state index >= 15 is 0 Å². The number of carbonyl (C=O) groups excluding carboxylic acids is 1. The van der Waals surface area contributed by atoms with Crippen molar-refractivity contribution in [3.8, 4) is 0 Å². The Balaban J connectivity index is 0.00000128. The van der Waals surface area contributed by atoms with Crippen molar-refractivity contribution in [2.75, 3.05) is 13.1 Å². The summed E-state index contributed by atoms with van der Waals surface area (Å²) in [7, 11) is 0. The summed E-state index contributed by atoms with van der Waals surface area (Å²) in [6.07, 6.45) is 4.97. The standard InChI is InChI=1S/C11H16N2O2.ClH/c14-11(10-4-2-8-15-10)13-7-5-9-3-1-6-12-9;/h2,4,8-9,12H,1,3,5-7H2,(H,13,14);1H/t9-;/m1./s1. The molecule has 1 amide bonds. The molecule has 5 heteroatoms. The minimum absolute atomic E-state index is 0. The van der Waals surface area contributed by atoms with Crippen LogP contribution < -0.4 is 10.6 Å². The first kappa shape index (κ1) is 13.1. The van der Waals surface area contributed by atoms with E-state index in [1.165, 1.54) is 19.1 Å². The van der Waals surface area contributed by atoms with Crippen LogP contribution in [-0.4, -0.2) is 25.0 Å². The molecule has 2 heterocycles. The summed E-state index contributed by atoms with van der Waals surface area (Å²) in [5.41, 5.74) is 0. The molecule has 1 aliphatic heterocycles. The Morgan fingerprint density at radius 3 is 3.12 bits per heavy atom. The largest absolute Gasteiger partial charge is 0.459 e. The van der Waals surface area contributed by atoms with E-state index in [4.69, 9.17) is 4.42 Å². The Bertz CT molecular complexity index is 308. The van der Waals surface area contributed by atoms with Gasteiger partial charge in [-0.05, 0) is 37.9 Å². The van der Waals surface area contributed by atoms with E-state index < -0.39 is 0 Å². The van der Waals surface area contributed by atoms with Crippen LogP contribution in [0.15, 0.2) is 22.8 Å².